The van der Waals surface area contributed by atoms with Crippen LogP contribution < -0.4 is 10.0 Å². The van der Waals surface area contributed by atoms with Crippen molar-refractivity contribution in [2.45, 2.75) is 6.54 Å². The molecule has 5 heteroatoms. The van der Waals surface area contributed by atoms with E-state index in [4.69, 9.17) is 4.65 Å². The van der Waals surface area contributed by atoms with E-state index in [1.165, 1.54) is 7.11 Å². The Labute approximate surface area is 146 Å². The maximum absolute atomic E-state index is 10.1. The van der Waals surface area contributed by atoms with Crippen LogP contribution >= 0.6 is 0 Å². The van der Waals surface area contributed by atoms with Gasteiger partial charge >= 0.3 is 7.12 Å². The highest BCUT2D eigenvalue weighted by molar-refractivity contribution is 6.60. The largest absolute Gasteiger partial charge is 0.491 e. The molecule has 2 aromatic heterocycles. The van der Waals surface area contributed by atoms with E-state index in [9.17, 15) is 5.02 Å². The molecule has 122 valence electrons. The van der Waals surface area contributed by atoms with Gasteiger partial charge in [-0.05, 0) is 23.7 Å². The normalized spacial score (nSPS) is 11.1. The van der Waals surface area contributed by atoms with Crippen molar-refractivity contribution in [2.24, 2.45) is 0 Å². The van der Waals surface area contributed by atoms with E-state index < -0.39 is 7.12 Å². The molecule has 4 rings (SSSR count). The van der Waals surface area contributed by atoms with Crippen molar-refractivity contribution in [3.8, 4) is 0 Å². The Hall–Kier alpha value is -2.76. The lowest BCUT2D eigenvalue weighted by atomic mass is 9.76. The molecule has 0 atom stereocenters. The van der Waals surface area contributed by atoms with Gasteiger partial charge in [0.05, 0.1) is 10.9 Å². The number of hydrogen-bond donors (Lipinski definition) is 1. The summed E-state index contributed by atoms with van der Waals surface area (Å²) in [6, 6.07) is 20.2. The van der Waals surface area contributed by atoms with Crippen molar-refractivity contribution in [3.05, 3.63) is 78.6 Å². The van der Waals surface area contributed by atoms with Crippen LogP contribution in [0.5, 0.6) is 0 Å². The highest BCUT2D eigenvalue weighted by Crippen LogP contribution is 2.21. The fourth-order valence-electron chi connectivity index (χ4n) is 3.28. The molecular formula is C20H18BN2O2+. The third-order valence-corrected chi connectivity index (χ3v) is 4.53. The summed E-state index contributed by atoms with van der Waals surface area (Å²) in [5, 5.41) is 12.4. The predicted octanol–water partition coefficient (Wildman–Crippen LogP) is 2.06. The van der Waals surface area contributed by atoms with Crippen molar-refractivity contribution in [1.82, 2.24) is 4.98 Å². The Bertz CT molecular complexity index is 1050. The van der Waals surface area contributed by atoms with Gasteiger partial charge in [-0.2, -0.15) is 4.57 Å². The van der Waals surface area contributed by atoms with Crippen molar-refractivity contribution in [1.29, 1.82) is 0 Å². The first-order valence-electron chi connectivity index (χ1n) is 8.22. The molecule has 1 N–H and O–H groups in total. The molecule has 2 heterocycles. The van der Waals surface area contributed by atoms with Gasteiger partial charge in [-0.3, -0.25) is 4.98 Å². The highest BCUT2D eigenvalue weighted by atomic mass is 16.5. The first kappa shape index (κ1) is 15.8. The summed E-state index contributed by atoms with van der Waals surface area (Å²) in [4.78, 5) is 4.43. The molecule has 0 aliphatic rings. The number of pyridine rings is 2. The minimum atomic E-state index is -0.920. The molecule has 0 spiro atoms. The Morgan fingerprint density at radius 1 is 1.00 bits per heavy atom. The van der Waals surface area contributed by atoms with E-state index in [0.717, 1.165) is 32.8 Å². The molecular weight excluding hydrogens is 311 g/mol. The minimum absolute atomic E-state index is 0.652. The standard InChI is InChI=1S/C20H18BN2O2/c1-25-21(24)18-9-3-2-6-15(18)14-23-13-5-8-17-16-7-4-12-22-19(16)10-11-20(17)23/h2-13,24H,14H2,1H3/q+1. The van der Waals surface area contributed by atoms with Gasteiger partial charge in [-0.1, -0.05) is 30.3 Å². The van der Waals surface area contributed by atoms with Gasteiger partial charge in [0.25, 0.3) is 0 Å². The molecule has 0 amide bonds. The summed E-state index contributed by atoms with van der Waals surface area (Å²) in [6.45, 7) is 0.652. The number of rotatable bonds is 4. The Kier molecular flexibility index (Phi) is 4.18. The summed E-state index contributed by atoms with van der Waals surface area (Å²) in [6.07, 6.45) is 3.87. The van der Waals surface area contributed by atoms with E-state index >= 15 is 0 Å². The summed E-state index contributed by atoms with van der Waals surface area (Å²) < 4.78 is 7.28. The molecule has 0 saturated carbocycles. The third-order valence-electron chi connectivity index (χ3n) is 4.53. The van der Waals surface area contributed by atoms with E-state index in [1.54, 1.807) is 0 Å². The van der Waals surface area contributed by atoms with Gasteiger partial charge in [-0.15, -0.1) is 0 Å². The van der Waals surface area contributed by atoms with E-state index in [1.807, 2.05) is 48.7 Å². The van der Waals surface area contributed by atoms with Gasteiger partial charge < -0.3 is 9.68 Å². The maximum Gasteiger partial charge on any atom is 0.491 e. The molecule has 4 aromatic rings. The van der Waals surface area contributed by atoms with Crippen LogP contribution in [0.3, 0.4) is 0 Å². The third kappa shape index (κ3) is 2.88. The Balaban J connectivity index is 1.85. The molecule has 25 heavy (non-hydrogen) atoms. The van der Waals surface area contributed by atoms with Crippen LogP contribution in [0.25, 0.3) is 21.8 Å². The molecule has 2 aromatic carbocycles. The second kappa shape index (κ2) is 6.63. The van der Waals surface area contributed by atoms with E-state index in [-0.39, 0.29) is 0 Å². The van der Waals surface area contributed by atoms with Crippen LogP contribution in [-0.4, -0.2) is 24.2 Å². The van der Waals surface area contributed by atoms with Crippen LogP contribution in [0.1, 0.15) is 5.56 Å². The molecule has 0 bridgehead atoms. The van der Waals surface area contributed by atoms with Gasteiger partial charge in [0.15, 0.2) is 12.7 Å². The number of fused-ring (bicyclic) bond motifs is 3. The van der Waals surface area contributed by atoms with E-state index in [2.05, 4.69) is 33.9 Å². The summed E-state index contributed by atoms with van der Waals surface area (Å²) in [5.41, 5.74) is 3.94. The number of hydrogen-bond acceptors (Lipinski definition) is 3. The first-order valence-corrected chi connectivity index (χ1v) is 8.22. The minimum Gasteiger partial charge on any atom is -0.423 e. The van der Waals surface area contributed by atoms with Crippen LogP contribution in [-0.2, 0) is 11.2 Å². The van der Waals surface area contributed by atoms with Crippen molar-refractivity contribution in [3.63, 3.8) is 0 Å². The quantitative estimate of drug-likeness (QED) is 0.354. The molecule has 0 saturated heterocycles. The molecule has 0 aliphatic carbocycles. The zero-order valence-electron chi connectivity index (χ0n) is 14.0. The Morgan fingerprint density at radius 3 is 2.72 bits per heavy atom. The lowest BCUT2D eigenvalue weighted by Gasteiger charge is -2.10. The zero-order valence-corrected chi connectivity index (χ0v) is 14.0. The molecule has 0 fully saturated rings. The maximum atomic E-state index is 10.1. The first-order chi connectivity index (χ1) is 12.3. The summed E-state index contributed by atoms with van der Waals surface area (Å²) >= 11 is 0. The van der Waals surface area contributed by atoms with Crippen molar-refractivity contribution in [2.75, 3.05) is 7.11 Å². The van der Waals surface area contributed by atoms with Gasteiger partial charge in [0, 0.05) is 36.4 Å². The lowest BCUT2D eigenvalue weighted by molar-refractivity contribution is -0.662. The Morgan fingerprint density at radius 2 is 1.84 bits per heavy atom. The number of aromatic nitrogens is 2. The van der Waals surface area contributed by atoms with Crippen molar-refractivity contribution < 1.29 is 14.2 Å². The summed E-state index contributed by atoms with van der Waals surface area (Å²) in [7, 11) is 0.586. The second-order valence-electron chi connectivity index (χ2n) is 5.99. The smallest absolute Gasteiger partial charge is 0.423 e. The molecule has 0 unspecified atom stereocenters. The predicted molar refractivity (Wildman–Crippen MR) is 99.6 cm³/mol. The fourth-order valence-corrected chi connectivity index (χ4v) is 3.28. The monoisotopic (exact) mass is 329 g/mol. The number of benzene rings is 2. The molecule has 4 nitrogen and oxygen atoms in total. The van der Waals surface area contributed by atoms with Crippen LogP contribution in [0.2, 0.25) is 0 Å². The highest BCUT2D eigenvalue weighted by Gasteiger charge is 2.21. The summed E-state index contributed by atoms with van der Waals surface area (Å²) in [5.74, 6) is 0. The molecule has 0 aliphatic heterocycles. The SMILES string of the molecule is COB(O)c1ccccc1C[n+]1cccc2c3cccnc3ccc21. The van der Waals surface area contributed by atoms with Gasteiger partial charge in [-0.25, -0.2) is 0 Å². The lowest BCUT2D eigenvalue weighted by Crippen LogP contribution is -2.41. The number of nitrogens with zero attached hydrogens (tertiary/aromatic N) is 2. The molecule has 0 radical (unpaired) electrons. The van der Waals surface area contributed by atoms with Crippen LogP contribution in [0.4, 0.5) is 0 Å². The average Bonchev–Trinajstić information content (AvgIpc) is 2.68. The van der Waals surface area contributed by atoms with Crippen molar-refractivity contribution >= 4 is 34.4 Å². The van der Waals surface area contributed by atoms with Crippen LogP contribution in [0.15, 0.2) is 73.1 Å². The average molecular weight is 329 g/mol. The van der Waals surface area contributed by atoms with Gasteiger partial charge in [0.1, 0.15) is 0 Å². The zero-order chi connectivity index (χ0) is 17.2. The second-order valence-corrected chi connectivity index (χ2v) is 5.99. The van der Waals surface area contributed by atoms with Gasteiger partial charge in [0.2, 0.25) is 5.52 Å². The van der Waals surface area contributed by atoms with Crippen LogP contribution in [0, 0.1) is 0 Å². The topological polar surface area (TPSA) is 46.2 Å². The van der Waals surface area contributed by atoms with E-state index in [0.29, 0.717) is 6.54 Å². The fraction of sp³-hybridized carbons (Fsp3) is 0.100.